The number of carbonyl (C=O) groups is 2. The molecule has 0 radical (unpaired) electrons. The molecule has 7 heavy (non-hydrogen) atoms. The maximum atomic E-state index is 9.35. The van der Waals surface area contributed by atoms with Gasteiger partial charge in [-0.3, -0.25) is 9.59 Å². The minimum absolute atomic E-state index is 0. The number of carbonyl (C=O) groups excluding carboxylic acids is 2. The number of hydrogen-bond acceptors (Lipinski definition) is 4. The maximum absolute atomic E-state index is 9.35. The second kappa shape index (κ2) is 10.1. The van der Waals surface area contributed by atoms with Crippen LogP contribution in [0.5, 0.6) is 0 Å². The van der Waals surface area contributed by atoms with E-state index in [4.69, 9.17) is 0 Å². The van der Waals surface area contributed by atoms with Crippen LogP contribution in [-0.2, 0) is 9.59 Å². The van der Waals surface area contributed by atoms with E-state index in [1.165, 1.54) is 0 Å². The predicted octanol–water partition coefficient (Wildman–Crippen LogP) is -2.14. The van der Waals surface area contributed by atoms with E-state index < -0.39 is 0 Å². The molecule has 0 aliphatic rings. The standard InChI is InChI=1S/C2H2O2S2.Na.H/c3-1-5-6-2-4;;/h1-2H;;/q;+1;-1. The van der Waals surface area contributed by atoms with Gasteiger partial charge in [-0.25, -0.2) is 0 Å². The topological polar surface area (TPSA) is 34.1 Å². The fourth-order valence-electron chi connectivity index (χ4n) is 0.0454. The van der Waals surface area contributed by atoms with E-state index in [1.54, 1.807) is 0 Å². The molecule has 0 saturated heterocycles. The molecule has 0 fully saturated rings. The van der Waals surface area contributed by atoms with Crippen LogP contribution < -0.4 is 29.6 Å². The Labute approximate surface area is 73.0 Å². The first kappa shape index (κ1) is 10.9. The van der Waals surface area contributed by atoms with Crippen LogP contribution in [0, 0.1) is 0 Å². The van der Waals surface area contributed by atoms with E-state index in [1.807, 2.05) is 0 Å². The van der Waals surface area contributed by atoms with Gasteiger partial charge in [-0.15, -0.1) is 0 Å². The molecule has 5 heteroatoms. The summed E-state index contributed by atoms with van der Waals surface area (Å²) in [5.41, 5.74) is 1.22. The fourth-order valence-corrected chi connectivity index (χ4v) is 0.408. The summed E-state index contributed by atoms with van der Waals surface area (Å²) in [6, 6.07) is 0. The summed E-state index contributed by atoms with van der Waals surface area (Å²) in [6.45, 7) is 0. The minimum Gasteiger partial charge on any atom is -1.00 e. The van der Waals surface area contributed by atoms with Gasteiger partial charge in [0.1, 0.15) is 0 Å². The molecule has 2 nitrogen and oxygen atoms in total. The first-order valence-corrected chi connectivity index (χ1v) is 3.39. The van der Waals surface area contributed by atoms with Gasteiger partial charge in [-0.1, -0.05) is 0 Å². The van der Waals surface area contributed by atoms with Gasteiger partial charge in [0.25, 0.3) is 0 Å². The van der Waals surface area contributed by atoms with Crippen molar-refractivity contribution in [2.75, 3.05) is 0 Å². The largest absolute Gasteiger partial charge is 1.00 e. The molecule has 0 aromatic rings. The first-order chi connectivity index (χ1) is 2.91. The normalized spacial score (nSPS) is 6.29. The van der Waals surface area contributed by atoms with E-state index in [2.05, 4.69) is 0 Å². The quantitative estimate of drug-likeness (QED) is 0.197. The molecule has 0 aromatic carbocycles. The SMILES string of the molecule is O=CSSC=O.[H-].[Na+]. The summed E-state index contributed by atoms with van der Waals surface area (Å²) in [7, 11) is 1.75. The van der Waals surface area contributed by atoms with Crippen molar-refractivity contribution in [3.63, 3.8) is 0 Å². The smallest absolute Gasteiger partial charge is 1.00 e. The molecule has 0 bridgehead atoms. The van der Waals surface area contributed by atoms with Gasteiger partial charge in [0.2, 0.25) is 0 Å². The van der Waals surface area contributed by atoms with Crippen molar-refractivity contribution in [1.82, 2.24) is 0 Å². The van der Waals surface area contributed by atoms with E-state index >= 15 is 0 Å². The van der Waals surface area contributed by atoms with Crippen LogP contribution in [0.4, 0.5) is 0 Å². The Hall–Kier alpha value is 1.04. The zero-order valence-corrected chi connectivity index (χ0v) is 7.42. The summed E-state index contributed by atoms with van der Waals surface area (Å²) in [6.07, 6.45) is 0. The molecule has 0 heterocycles. The number of hydrogen-bond donors (Lipinski definition) is 0. The third kappa shape index (κ3) is 11.0. The summed E-state index contributed by atoms with van der Waals surface area (Å²) < 4.78 is 0. The number of rotatable bonds is 3. The average Bonchev–Trinajstić information content (AvgIpc) is 1.61. The molecular formula is C2H3NaO2S2. The summed E-state index contributed by atoms with van der Waals surface area (Å²) in [4.78, 5) is 18.7. The van der Waals surface area contributed by atoms with Crippen molar-refractivity contribution in [3.05, 3.63) is 0 Å². The van der Waals surface area contributed by atoms with Crippen LogP contribution in [-0.4, -0.2) is 11.2 Å². The van der Waals surface area contributed by atoms with Crippen LogP contribution in [0.2, 0.25) is 0 Å². The summed E-state index contributed by atoms with van der Waals surface area (Å²) in [5.74, 6) is 0. The van der Waals surface area contributed by atoms with Gasteiger partial charge < -0.3 is 1.43 Å². The molecule has 0 saturated carbocycles. The van der Waals surface area contributed by atoms with Crippen LogP contribution in [0.3, 0.4) is 0 Å². The van der Waals surface area contributed by atoms with E-state index in [0.717, 1.165) is 21.6 Å². The van der Waals surface area contributed by atoms with Crippen molar-refractivity contribution in [2.45, 2.75) is 0 Å². The van der Waals surface area contributed by atoms with Gasteiger partial charge in [-0.2, -0.15) is 0 Å². The average molecular weight is 146 g/mol. The van der Waals surface area contributed by atoms with Gasteiger partial charge in [0, 0.05) is 0 Å². The summed E-state index contributed by atoms with van der Waals surface area (Å²) >= 11 is 0. The van der Waals surface area contributed by atoms with Crippen LogP contribution in [0.1, 0.15) is 1.43 Å². The van der Waals surface area contributed by atoms with Crippen LogP contribution in [0.25, 0.3) is 0 Å². The van der Waals surface area contributed by atoms with E-state index in [0.29, 0.717) is 11.2 Å². The second-order valence-electron chi connectivity index (χ2n) is 0.385. The van der Waals surface area contributed by atoms with Crippen molar-refractivity contribution >= 4 is 32.8 Å². The Bertz CT molecular complexity index is 54.0. The Morgan fingerprint density at radius 3 is 1.57 bits per heavy atom. The summed E-state index contributed by atoms with van der Waals surface area (Å²) in [5, 5.41) is 0. The molecule has 0 aromatic heterocycles. The van der Waals surface area contributed by atoms with Gasteiger partial charge in [0.05, 0.1) is 0 Å². The Kier molecular flexibility index (Phi) is 15.8. The van der Waals surface area contributed by atoms with E-state index in [-0.39, 0.29) is 31.0 Å². The van der Waals surface area contributed by atoms with Gasteiger partial charge in [-0.05, 0) is 21.6 Å². The zero-order chi connectivity index (χ0) is 4.83. The molecule has 0 rings (SSSR count). The zero-order valence-electron chi connectivity index (χ0n) is 4.79. The third-order valence-corrected chi connectivity index (χ3v) is 1.21. The monoisotopic (exact) mass is 146 g/mol. The third-order valence-electron chi connectivity index (χ3n) is 0.134. The molecule has 36 valence electrons. The maximum Gasteiger partial charge on any atom is 1.00 e. The molecule has 0 aliphatic heterocycles. The Morgan fingerprint density at radius 1 is 1.14 bits per heavy atom. The van der Waals surface area contributed by atoms with Crippen molar-refractivity contribution in [1.29, 1.82) is 0 Å². The van der Waals surface area contributed by atoms with E-state index in [9.17, 15) is 9.59 Å². The van der Waals surface area contributed by atoms with Crippen molar-refractivity contribution in [2.24, 2.45) is 0 Å². The van der Waals surface area contributed by atoms with Gasteiger partial charge >= 0.3 is 29.6 Å². The predicted molar refractivity (Wildman–Crippen MR) is 29.8 cm³/mol. The minimum atomic E-state index is 0. The first-order valence-electron chi connectivity index (χ1n) is 1.11. The molecule has 0 aliphatic carbocycles. The van der Waals surface area contributed by atoms with Crippen molar-refractivity contribution < 1.29 is 40.6 Å². The Balaban J connectivity index is -0.000000125. The fraction of sp³-hybridized carbons (Fsp3) is 0. The molecule has 0 atom stereocenters. The molecule has 0 N–H and O–H groups in total. The molecule has 0 spiro atoms. The van der Waals surface area contributed by atoms with Crippen molar-refractivity contribution in [3.8, 4) is 0 Å². The molecule has 0 unspecified atom stereocenters. The second-order valence-corrected chi connectivity index (χ2v) is 2.31. The van der Waals surface area contributed by atoms with Crippen LogP contribution in [0.15, 0.2) is 0 Å². The molecule has 0 amide bonds. The Morgan fingerprint density at radius 2 is 1.43 bits per heavy atom. The van der Waals surface area contributed by atoms with Gasteiger partial charge in [0.15, 0.2) is 11.2 Å². The van der Waals surface area contributed by atoms with Crippen LogP contribution >= 0.6 is 21.6 Å². The molecular weight excluding hydrogens is 143 g/mol.